The van der Waals surface area contributed by atoms with Crippen molar-refractivity contribution < 1.29 is 0 Å². The van der Waals surface area contributed by atoms with E-state index >= 15 is 0 Å². The summed E-state index contributed by atoms with van der Waals surface area (Å²) in [6.45, 7) is 1.83. The maximum atomic E-state index is 3.17. The molecular formula is C12H18N2. The van der Waals surface area contributed by atoms with Crippen molar-refractivity contribution in [3.05, 3.63) is 41.5 Å². The highest BCUT2D eigenvalue weighted by Crippen LogP contribution is 2.09. The molecule has 0 unspecified atom stereocenters. The van der Waals surface area contributed by atoms with Gasteiger partial charge in [-0.3, -0.25) is 0 Å². The summed E-state index contributed by atoms with van der Waals surface area (Å²) in [6, 6.07) is 8.43. The Kier molecular flexibility index (Phi) is 4.97. The Morgan fingerprint density at radius 3 is 2.64 bits per heavy atom. The van der Waals surface area contributed by atoms with Gasteiger partial charge in [0.25, 0.3) is 0 Å². The second-order valence-electron chi connectivity index (χ2n) is 3.19. The molecule has 0 amide bonds. The Labute approximate surface area is 86.0 Å². The molecule has 0 atom stereocenters. The number of hydrogen-bond acceptors (Lipinski definition) is 2. The van der Waals surface area contributed by atoms with Crippen LogP contribution in [0.2, 0.25) is 0 Å². The van der Waals surface area contributed by atoms with Crippen molar-refractivity contribution in [3.8, 4) is 0 Å². The number of benzene rings is 1. The van der Waals surface area contributed by atoms with Crippen LogP contribution in [0.1, 0.15) is 11.1 Å². The smallest absolute Gasteiger partial charge is 0.0208 e. The summed E-state index contributed by atoms with van der Waals surface area (Å²) in [5.74, 6) is 0. The summed E-state index contributed by atoms with van der Waals surface area (Å²) < 4.78 is 0. The molecule has 0 heterocycles. The van der Waals surface area contributed by atoms with Gasteiger partial charge in [0.2, 0.25) is 0 Å². The van der Waals surface area contributed by atoms with Crippen molar-refractivity contribution in [1.82, 2.24) is 10.6 Å². The molecule has 2 N–H and O–H groups in total. The molecular weight excluding hydrogens is 172 g/mol. The van der Waals surface area contributed by atoms with Crippen LogP contribution in [0.15, 0.2) is 30.3 Å². The lowest BCUT2D eigenvalue weighted by Crippen LogP contribution is -2.06. The molecule has 0 aliphatic rings. The van der Waals surface area contributed by atoms with Crippen LogP contribution in [0.4, 0.5) is 0 Å². The van der Waals surface area contributed by atoms with Crippen molar-refractivity contribution in [2.24, 2.45) is 0 Å². The van der Waals surface area contributed by atoms with E-state index < -0.39 is 0 Å². The maximum absolute atomic E-state index is 3.17. The highest BCUT2D eigenvalue weighted by atomic mass is 14.8. The number of likely N-dealkylation sites (N-methyl/N-ethyl adjacent to an activating group) is 1. The maximum Gasteiger partial charge on any atom is 0.0208 e. The molecule has 0 radical (unpaired) electrons. The normalized spacial score (nSPS) is 11.0. The fourth-order valence-electron chi connectivity index (χ4n) is 1.35. The Morgan fingerprint density at radius 1 is 1.14 bits per heavy atom. The predicted octanol–water partition coefficient (Wildman–Crippen LogP) is 1.64. The molecule has 1 aromatic rings. The van der Waals surface area contributed by atoms with Gasteiger partial charge in [-0.05, 0) is 25.2 Å². The minimum atomic E-state index is 0.911. The topological polar surface area (TPSA) is 24.1 Å². The summed E-state index contributed by atoms with van der Waals surface area (Å²) in [7, 11) is 3.91. The third-order valence-corrected chi connectivity index (χ3v) is 2.04. The van der Waals surface area contributed by atoms with Gasteiger partial charge in [-0.15, -0.1) is 0 Å². The lowest BCUT2D eigenvalue weighted by Gasteiger charge is -2.04. The van der Waals surface area contributed by atoms with Gasteiger partial charge in [-0.1, -0.05) is 36.4 Å². The van der Waals surface area contributed by atoms with Gasteiger partial charge < -0.3 is 10.6 Å². The quantitative estimate of drug-likeness (QED) is 0.737. The first kappa shape index (κ1) is 11.0. The van der Waals surface area contributed by atoms with Crippen LogP contribution >= 0.6 is 0 Å². The SMILES string of the molecule is CNCC=Cc1ccccc1CNC. The summed E-state index contributed by atoms with van der Waals surface area (Å²) in [6.07, 6.45) is 4.29. The lowest BCUT2D eigenvalue weighted by molar-refractivity contribution is 0.816. The van der Waals surface area contributed by atoms with Crippen LogP contribution in [0.5, 0.6) is 0 Å². The molecule has 0 aromatic heterocycles. The monoisotopic (exact) mass is 190 g/mol. The summed E-state index contributed by atoms with van der Waals surface area (Å²) in [5, 5.41) is 6.25. The first-order valence-corrected chi connectivity index (χ1v) is 4.92. The summed E-state index contributed by atoms with van der Waals surface area (Å²) in [5.41, 5.74) is 2.62. The number of nitrogens with one attached hydrogen (secondary N) is 2. The average Bonchev–Trinajstić information content (AvgIpc) is 2.21. The van der Waals surface area contributed by atoms with E-state index in [1.54, 1.807) is 0 Å². The highest BCUT2D eigenvalue weighted by molar-refractivity contribution is 5.53. The van der Waals surface area contributed by atoms with Crippen LogP contribution in [0, 0.1) is 0 Å². The Morgan fingerprint density at radius 2 is 1.93 bits per heavy atom. The van der Waals surface area contributed by atoms with Gasteiger partial charge >= 0.3 is 0 Å². The molecule has 0 bridgehead atoms. The fraction of sp³-hybridized carbons (Fsp3) is 0.333. The van der Waals surface area contributed by atoms with E-state index in [1.807, 2.05) is 14.1 Å². The first-order valence-electron chi connectivity index (χ1n) is 4.92. The van der Waals surface area contributed by atoms with Crippen molar-refractivity contribution in [2.75, 3.05) is 20.6 Å². The number of rotatable bonds is 5. The zero-order valence-corrected chi connectivity index (χ0v) is 8.88. The first-order chi connectivity index (χ1) is 6.88. The van der Waals surface area contributed by atoms with Crippen LogP contribution in [0.3, 0.4) is 0 Å². The van der Waals surface area contributed by atoms with E-state index in [1.165, 1.54) is 11.1 Å². The minimum Gasteiger partial charge on any atom is -0.316 e. The molecule has 1 rings (SSSR count). The van der Waals surface area contributed by atoms with Crippen molar-refractivity contribution >= 4 is 6.08 Å². The molecule has 2 heteroatoms. The molecule has 0 aliphatic heterocycles. The largest absolute Gasteiger partial charge is 0.316 e. The van der Waals surface area contributed by atoms with Crippen molar-refractivity contribution in [1.29, 1.82) is 0 Å². The zero-order valence-electron chi connectivity index (χ0n) is 8.88. The standard InChI is InChI=1S/C12H18N2/c1-13-9-5-8-11-6-3-4-7-12(11)10-14-2/h3-8,13-14H,9-10H2,1-2H3. The minimum absolute atomic E-state index is 0.911. The fourth-order valence-corrected chi connectivity index (χ4v) is 1.35. The van der Waals surface area contributed by atoms with E-state index in [-0.39, 0.29) is 0 Å². The molecule has 0 saturated heterocycles. The van der Waals surface area contributed by atoms with Crippen molar-refractivity contribution in [3.63, 3.8) is 0 Å². The third kappa shape index (κ3) is 3.32. The predicted molar refractivity (Wildman–Crippen MR) is 62.2 cm³/mol. The van der Waals surface area contributed by atoms with Crippen LogP contribution in [0.25, 0.3) is 6.08 Å². The van der Waals surface area contributed by atoms with Crippen molar-refractivity contribution in [2.45, 2.75) is 6.54 Å². The molecule has 1 aromatic carbocycles. The van der Waals surface area contributed by atoms with E-state index in [0.29, 0.717) is 0 Å². The number of hydrogen-bond donors (Lipinski definition) is 2. The van der Waals surface area contributed by atoms with E-state index in [4.69, 9.17) is 0 Å². The van der Waals surface area contributed by atoms with Crippen LogP contribution in [-0.4, -0.2) is 20.6 Å². The van der Waals surface area contributed by atoms with Gasteiger partial charge in [0.15, 0.2) is 0 Å². The zero-order chi connectivity index (χ0) is 10.2. The van der Waals surface area contributed by atoms with Gasteiger partial charge in [-0.25, -0.2) is 0 Å². The average molecular weight is 190 g/mol. The van der Waals surface area contributed by atoms with E-state index in [2.05, 4.69) is 47.1 Å². The second-order valence-corrected chi connectivity index (χ2v) is 3.19. The second kappa shape index (κ2) is 6.35. The van der Waals surface area contributed by atoms with E-state index in [0.717, 1.165) is 13.1 Å². The van der Waals surface area contributed by atoms with Crippen LogP contribution < -0.4 is 10.6 Å². The molecule has 0 aliphatic carbocycles. The molecule has 2 nitrogen and oxygen atoms in total. The molecule has 0 saturated carbocycles. The van der Waals surface area contributed by atoms with Gasteiger partial charge in [0, 0.05) is 13.1 Å². The molecule has 76 valence electrons. The Hall–Kier alpha value is -1.12. The summed E-state index contributed by atoms with van der Waals surface area (Å²) in [4.78, 5) is 0. The summed E-state index contributed by atoms with van der Waals surface area (Å²) >= 11 is 0. The lowest BCUT2D eigenvalue weighted by atomic mass is 10.1. The Balaban J connectivity index is 2.73. The van der Waals surface area contributed by atoms with Gasteiger partial charge in [0.05, 0.1) is 0 Å². The molecule has 0 spiro atoms. The van der Waals surface area contributed by atoms with Gasteiger partial charge in [0.1, 0.15) is 0 Å². The van der Waals surface area contributed by atoms with E-state index in [9.17, 15) is 0 Å². The highest BCUT2D eigenvalue weighted by Gasteiger charge is 1.95. The molecule has 0 fully saturated rings. The third-order valence-electron chi connectivity index (χ3n) is 2.04. The Bertz CT molecular complexity index is 292. The molecule has 14 heavy (non-hydrogen) atoms. The van der Waals surface area contributed by atoms with Crippen LogP contribution in [-0.2, 0) is 6.54 Å². The van der Waals surface area contributed by atoms with Gasteiger partial charge in [-0.2, -0.15) is 0 Å².